The van der Waals surface area contributed by atoms with Gasteiger partial charge >= 0.3 is 0 Å². The van der Waals surface area contributed by atoms with Crippen LogP contribution in [0.5, 0.6) is 0 Å². The van der Waals surface area contributed by atoms with Crippen molar-refractivity contribution in [3.8, 4) is 0 Å². The standard InChI is InChI=1S/C14H20N2OS/c1-2-11-14(17)16(10-6-3-4-7-10)13(15-11)12-8-5-9-18-12/h5,8-11,13,15H,2-4,6-7H2,1H3. The van der Waals surface area contributed by atoms with E-state index in [0.717, 1.165) is 6.42 Å². The van der Waals surface area contributed by atoms with Crippen LogP contribution < -0.4 is 5.32 Å². The predicted octanol–water partition coefficient (Wildman–Crippen LogP) is 2.90. The van der Waals surface area contributed by atoms with E-state index in [1.165, 1.54) is 30.6 Å². The summed E-state index contributed by atoms with van der Waals surface area (Å²) in [5, 5.41) is 5.60. The van der Waals surface area contributed by atoms with Gasteiger partial charge < -0.3 is 4.90 Å². The minimum atomic E-state index is 0.0118. The SMILES string of the molecule is CCC1NC(c2cccs2)N(C2CCCC2)C1=O. The number of nitrogens with zero attached hydrogens (tertiary/aromatic N) is 1. The van der Waals surface area contributed by atoms with Crippen LogP contribution in [0.4, 0.5) is 0 Å². The van der Waals surface area contributed by atoms with Gasteiger partial charge in [0.2, 0.25) is 5.91 Å². The molecule has 2 fully saturated rings. The number of nitrogens with one attached hydrogen (secondary N) is 1. The van der Waals surface area contributed by atoms with Crippen LogP contribution in [0, 0.1) is 0 Å². The lowest BCUT2D eigenvalue weighted by atomic mass is 10.1. The smallest absolute Gasteiger partial charge is 0.241 e. The molecular formula is C14H20N2OS. The van der Waals surface area contributed by atoms with Crippen LogP contribution in [0.15, 0.2) is 17.5 Å². The molecule has 0 radical (unpaired) electrons. The zero-order chi connectivity index (χ0) is 12.5. The molecule has 1 aromatic rings. The lowest BCUT2D eigenvalue weighted by Gasteiger charge is -2.29. The first-order valence-corrected chi connectivity index (χ1v) is 7.81. The van der Waals surface area contributed by atoms with Gasteiger partial charge in [0.1, 0.15) is 6.17 Å². The highest BCUT2D eigenvalue weighted by atomic mass is 32.1. The molecule has 1 aliphatic carbocycles. The van der Waals surface area contributed by atoms with Crippen molar-refractivity contribution in [2.45, 2.75) is 57.3 Å². The lowest BCUT2D eigenvalue weighted by Crippen LogP contribution is -2.38. The molecule has 2 aliphatic rings. The molecule has 3 nitrogen and oxygen atoms in total. The van der Waals surface area contributed by atoms with Gasteiger partial charge in [0.25, 0.3) is 0 Å². The van der Waals surface area contributed by atoms with Crippen LogP contribution in [0.1, 0.15) is 50.1 Å². The first-order chi connectivity index (χ1) is 8.81. The van der Waals surface area contributed by atoms with Gasteiger partial charge in [-0.3, -0.25) is 10.1 Å². The van der Waals surface area contributed by atoms with Crippen molar-refractivity contribution in [1.82, 2.24) is 10.2 Å². The molecule has 2 heterocycles. The van der Waals surface area contributed by atoms with Crippen molar-refractivity contribution in [1.29, 1.82) is 0 Å². The van der Waals surface area contributed by atoms with Gasteiger partial charge in [-0.1, -0.05) is 25.8 Å². The fourth-order valence-electron chi connectivity index (χ4n) is 3.18. The number of rotatable bonds is 3. The van der Waals surface area contributed by atoms with Gasteiger partial charge in [0, 0.05) is 10.9 Å². The maximum absolute atomic E-state index is 12.5. The van der Waals surface area contributed by atoms with E-state index in [1.54, 1.807) is 11.3 Å². The normalized spacial score (nSPS) is 29.4. The van der Waals surface area contributed by atoms with E-state index < -0.39 is 0 Å². The zero-order valence-electron chi connectivity index (χ0n) is 10.8. The van der Waals surface area contributed by atoms with Crippen molar-refractivity contribution < 1.29 is 4.79 Å². The number of thiophene rings is 1. The molecule has 1 aliphatic heterocycles. The zero-order valence-corrected chi connectivity index (χ0v) is 11.6. The van der Waals surface area contributed by atoms with E-state index in [2.05, 4.69) is 34.7 Å². The molecule has 1 saturated carbocycles. The summed E-state index contributed by atoms with van der Waals surface area (Å²) in [7, 11) is 0. The average Bonchev–Trinajstić information content (AvgIpc) is 3.08. The number of hydrogen-bond donors (Lipinski definition) is 1. The molecule has 1 aromatic heterocycles. The van der Waals surface area contributed by atoms with E-state index in [9.17, 15) is 4.79 Å². The van der Waals surface area contributed by atoms with Crippen LogP contribution in [-0.2, 0) is 4.79 Å². The van der Waals surface area contributed by atoms with Crippen LogP contribution in [0.25, 0.3) is 0 Å². The second-order valence-corrected chi connectivity index (χ2v) is 6.21. The molecule has 2 unspecified atom stereocenters. The first kappa shape index (κ1) is 12.2. The summed E-state index contributed by atoms with van der Waals surface area (Å²) in [4.78, 5) is 15.9. The molecule has 1 amide bonds. The molecule has 2 atom stereocenters. The monoisotopic (exact) mass is 264 g/mol. The molecule has 4 heteroatoms. The predicted molar refractivity (Wildman–Crippen MR) is 73.4 cm³/mol. The van der Waals surface area contributed by atoms with E-state index in [4.69, 9.17) is 0 Å². The van der Waals surface area contributed by atoms with E-state index in [1.807, 2.05) is 0 Å². The maximum atomic E-state index is 12.5. The second kappa shape index (κ2) is 5.02. The number of carbonyl (C=O) groups is 1. The summed E-state index contributed by atoms with van der Waals surface area (Å²) in [5.41, 5.74) is 0. The molecule has 3 rings (SSSR count). The van der Waals surface area contributed by atoms with Crippen LogP contribution in [-0.4, -0.2) is 22.9 Å². The molecule has 0 spiro atoms. The highest BCUT2D eigenvalue weighted by Crippen LogP contribution is 2.36. The summed E-state index contributed by atoms with van der Waals surface area (Å²) in [6, 6.07) is 4.67. The Morgan fingerprint density at radius 3 is 2.83 bits per heavy atom. The molecule has 0 bridgehead atoms. The van der Waals surface area contributed by atoms with E-state index in [0.29, 0.717) is 11.9 Å². The van der Waals surface area contributed by atoms with Crippen molar-refractivity contribution >= 4 is 17.2 Å². The average molecular weight is 264 g/mol. The molecule has 0 aromatic carbocycles. The van der Waals surface area contributed by atoms with Gasteiger partial charge in [-0.2, -0.15) is 0 Å². The van der Waals surface area contributed by atoms with E-state index in [-0.39, 0.29) is 12.2 Å². The molecule has 1 saturated heterocycles. The van der Waals surface area contributed by atoms with E-state index >= 15 is 0 Å². The molecular weight excluding hydrogens is 244 g/mol. The van der Waals surface area contributed by atoms with Gasteiger partial charge in [-0.25, -0.2) is 0 Å². The Morgan fingerprint density at radius 2 is 2.22 bits per heavy atom. The number of amides is 1. The van der Waals surface area contributed by atoms with Crippen molar-refractivity contribution in [2.24, 2.45) is 0 Å². The van der Waals surface area contributed by atoms with Crippen molar-refractivity contribution in [3.63, 3.8) is 0 Å². The Labute approximate surface area is 112 Å². The number of hydrogen-bond acceptors (Lipinski definition) is 3. The van der Waals surface area contributed by atoms with Crippen molar-refractivity contribution in [2.75, 3.05) is 0 Å². The maximum Gasteiger partial charge on any atom is 0.241 e. The third-order valence-corrected chi connectivity index (χ3v) is 5.05. The van der Waals surface area contributed by atoms with Crippen LogP contribution in [0.3, 0.4) is 0 Å². The number of carbonyl (C=O) groups excluding carboxylic acids is 1. The van der Waals surface area contributed by atoms with Gasteiger partial charge in [-0.15, -0.1) is 11.3 Å². The highest BCUT2D eigenvalue weighted by Gasteiger charge is 2.43. The summed E-state index contributed by atoms with van der Waals surface area (Å²) >= 11 is 1.74. The third-order valence-electron chi connectivity index (χ3n) is 4.13. The Hall–Kier alpha value is -0.870. The fraction of sp³-hybridized carbons (Fsp3) is 0.643. The lowest BCUT2D eigenvalue weighted by molar-refractivity contribution is -0.132. The highest BCUT2D eigenvalue weighted by molar-refractivity contribution is 7.10. The minimum absolute atomic E-state index is 0.0118. The summed E-state index contributed by atoms with van der Waals surface area (Å²) in [5.74, 6) is 0.308. The Morgan fingerprint density at radius 1 is 1.44 bits per heavy atom. The topological polar surface area (TPSA) is 32.3 Å². The molecule has 1 N–H and O–H groups in total. The first-order valence-electron chi connectivity index (χ1n) is 6.93. The minimum Gasteiger partial charge on any atom is -0.318 e. The molecule has 98 valence electrons. The van der Waals surface area contributed by atoms with Gasteiger partial charge in [0.05, 0.1) is 6.04 Å². The van der Waals surface area contributed by atoms with Gasteiger partial charge in [-0.05, 0) is 30.7 Å². The van der Waals surface area contributed by atoms with Crippen LogP contribution >= 0.6 is 11.3 Å². The van der Waals surface area contributed by atoms with Gasteiger partial charge in [0.15, 0.2) is 0 Å². The summed E-state index contributed by atoms with van der Waals surface area (Å²) in [6.07, 6.45) is 5.87. The third kappa shape index (κ3) is 1.97. The van der Waals surface area contributed by atoms with Crippen molar-refractivity contribution in [3.05, 3.63) is 22.4 Å². The molecule has 18 heavy (non-hydrogen) atoms. The largest absolute Gasteiger partial charge is 0.318 e. The quantitative estimate of drug-likeness (QED) is 0.910. The summed E-state index contributed by atoms with van der Waals surface area (Å²) < 4.78 is 0. The Kier molecular flexibility index (Phi) is 3.39. The Balaban J connectivity index is 1.88. The second-order valence-electron chi connectivity index (χ2n) is 5.23. The Bertz CT molecular complexity index is 411. The van der Waals surface area contributed by atoms with Crippen LogP contribution in [0.2, 0.25) is 0 Å². The fourth-order valence-corrected chi connectivity index (χ4v) is 3.96. The summed E-state index contributed by atoms with van der Waals surface area (Å²) in [6.45, 7) is 2.08.